The van der Waals surface area contributed by atoms with Gasteiger partial charge in [-0.15, -0.1) is 0 Å². The summed E-state index contributed by atoms with van der Waals surface area (Å²) >= 11 is 0. The van der Waals surface area contributed by atoms with E-state index in [2.05, 4.69) is 10.2 Å². The summed E-state index contributed by atoms with van der Waals surface area (Å²) in [6, 6.07) is 13.9. The van der Waals surface area contributed by atoms with E-state index < -0.39 is 0 Å². The van der Waals surface area contributed by atoms with Crippen LogP contribution in [0.1, 0.15) is 24.8 Å². The molecule has 0 spiro atoms. The Bertz CT molecular complexity index is 719. The molecule has 0 aliphatic carbocycles. The zero-order chi connectivity index (χ0) is 16.8. The fourth-order valence-electron chi connectivity index (χ4n) is 2.91. The van der Waals surface area contributed by atoms with Crippen molar-refractivity contribution in [3.63, 3.8) is 0 Å². The van der Waals surface area contributed by atoms with Gasteiger partial charge in [0.2, 0.25) is 5.91 Å². The maximum Gasteiger partial charge on any atom is 0.248 e. The van der Waals surface area contributed by atoms with Gasteiger partial charge in [0.1, 0.15) is 5.82 Å². The van der Waals surface area contributed by atoms with Gasteiger partial charge in [0.15, 0.2) is 0 Å². The van der Waals surface area contributed by atoms with E-state index in [0.29, 0.717) is 0 Å². The number of hydrogen-bond acceptors (Lipinski definition) is 2. The van der Waals surface area contributed by atoms with Gasteiger partial charge in [0.05, 0.1) is 11.4 Å². The minimum atomic E-state index is -0.285. The Morgan fingerprint density at radius 2 is 1.71 bits per heavy atom. The van der Waals surface area contributed by atoms with Crippen molar-refractivity contribution in [3.05, 3.63) is 66.0 Å². The zero-order valence-corrected chi connectivity index (χ0v) is 13.5. The molecule has 0 atom stereocenters. The van der Waals surface area contributed by atoms with Crippen molar-refractivity contribution in [3.8, 4) is 0 Å². The first-order valence-corrected chi connectivity index (χ1v) is 8.31. The minimum Gasteiger partial charge on any atom is -0.370 e. The molecule has 3 nitrogen and oxygen atoms in total. The van der Waals surface area contributed by atoms with E-state index in [-0.39, 0.29) is 11.7 Å². The number of carbonyl (C=O) groups excluding carboxylic acids is 1. The number of anilines is 2. The summed E-state index contributed by atoms with van der Waals surface area (Å²) in [5.74, 6) is -0.476. The first-order valence-electron chi connectivity index (χ1n) is 8.31. The Balaban J connectivity index is 1.69. The average Bonchev–Trinajstić information content (AvgIpc) is 2.62. The number of amides is 1. The molecule has 2 aromatic carbocycles. The summed E-state index contributed by atoms with van der Waals surface area (Å²) in [5.41, 5.74) is 2.68. The summed E-state index contributed by atoms with van der Waals surface area (Å²) < 4.78 is 12.9. The second-order valence-electron chi connectivity index (χ2n) is 5.94. The Labute approximate surface area is 141 Å². The maximum absolute atomic E-state index is 12.9. The number of nitrogens with one attached hydrogen (secondary N) is 1. The quantitative estimate of drug-likeness (QED) is 0.842. The molecule has 0 saturated carbocycles. The van der Waals surface area contributed by atoms with Crippen LogP contribution >= 0.6 is 0 Å². The van der Waals surface area contributed by atoms with Crippen LogP contribution in [0.4, 0.5) is 15.8 Å². The average molecular weight is 324 g/mol. The normalized spacial score (nSPS) is 14.8. The molecule has 2 aromatic rings. The van der Waals surface area contributed by atoms with Gasteiger partial charge >= 0.3 is 0 Å². The number of halogens is 1. The van der Waals surface area contributed by atoms with Gasteiger partial charge in [-0.25, -0.2) is 4.39 Å². The highest BCUT2D eigenvalue weighted by Gasteiger charge is 2.14. The van der Waals surface area contributed by atoms with Gasteiger partial charge in [-0.3, -0.25) is 4.79 Å². The summed E-state index contributed by atoms with van der Waals surface area (Å²) in [5, 5.41) is 2.95. The van der Waals surface area contributed by atoms with Crippen molar-refractivity contribution >= 4 is 23.4 Å². The lowest BCUT2D eigenvalue weighted by Gasteiger charge is -2.30. The fourth-order valence-corrected chi connectivity index (χ4v) is 2.91. The molecule has 0 radical (unpaired) electrons. The molecule has 0 unspecified atom stereocenters. The Hall–Kier alpha value is -2.62. The van der Waals surface area contributed by atoms with Crippen molar-refractivity contribution in [1.82, 2.24) is 0 Å². The first-order chi connectivity index (χ1) is 11.7. The zero-order valence-electron chi connectivity index (χ0n) is 13.5. The van der Waals surface area contributed by atoms with Crippen LogP contribution in [0, 0.1) is 5.82 Å². The van der Waals surface area contributed by atoms with Gasteiger partial charge in [-0.1, -0.05) is 24.3 Å². The summed E-state index contributed by atoms with van der Waals surface area (Å²) in [7, 11) is 0. The van der Waals surface area contributed by atoms with Gasteiger partial charge < -0.3 is 10.2 Å². The summed E-state index contributed by atoms with van der Waals surface area (Å²) in [6.07, 6.45) is 6.80. The molecule has 24 heavy (non-hydrogen) atoms. The number of piperidine rings is 1. The van der Waals surface area contributed by atoms with Crippen molar-refractivity contribution < 1.29 is 9.18 Å². The molecule has 1 heterocycles. The summed E-state index contributed by atoms with van der Waals surface area (Å²) in [4.78, 5) is 14.5. The molecule has 1 N–H and O–H groups in total. The first kappa shape index (κ1) is 16.2. The number of para-hydroxylation sites is 2. The molecule has 124 valence electrons. The van der Waals surface area contributed by atoms with Crippen LogP contribution in [0.15, 0.2) is 54.6 Å². The van der Waals surface area contributed by atoms with Crippen LogP contribution in [0.5, 0.6) is 0 Å². The summed E-state index contributed by atoms with van der Waals surface area (Å²) in [6.45, 7) is 2.05. The van der Waals surface area contributed by atoms with E-state index in [0.717, 1.165) is 30.0 Å². The predicted molar refractivity (Wildman–Crippen MR) is 96.6 cm³/mol. The number of benzene rings is 2. The topological polar surface area (TPSA) is 32.3 Å². The van der Waals surface area contributed by atoms with Crippen LogP contribution in [-0.4, -0.2) is 19.0 Å². The molecule has 1 fully saturated rings. The standard InChI is InChI=1S/C20H21FN2O/c21-17-11-8-16(9-12-17)10-13-20(24)22-18-6-2-3-7-19(18)23-14-4-1-5-15-23/h2-3,6-13H,1,4-5,14-15H2,(H,22,24)/b13-10+. The molecule has 0 aromatic heterocycles. The monoisotopic (exact) mass is 324 g/mol. The van der Waals surface area contributed by atoms with Gasteiger partial charge in [-0.05, 0) is 55.2 Å². The number of rotatable bonds is 4. The highest BCUT2D eigenvalue weighted by Crippen LogP contribution is 2.28. The van der Waals surface area contributed by atoms with E-state index in [1.165, 1.54) is 37.5 Å². The van der Waals surface area contributed by atoms with Crippen molar-refractivity contribution in [2.75, 3.05) is 23.3 Å². The Morgan fingerprint density at radius 3 is 2.46 bits per heavy atom. The lowest BCUT2D eigenvalue weighted by Crippen LogP contribution is -2.30. The lowest BCUT2D eigenvalue weighted by molar-refractivity contribution is -0.111. The SMILES string of the molecule is O=C(/C=C/c1ccc(F)cc1)Nc1ccccc1N1CCCCC1. The third-order valence-corrected chi connectivity index (χ3v) is 4.16. The van der Waals surface area contributed by atoms with Gasteiger partial charge in [0, 0.05) is 19.2 Å². The molecule has 4 heteroatoms. The van der Waals surface area contributed by atoms with Crippen LogP contribution in [-0.2, 0) is 4.79 Å². The number of hydrogen-bond donors (Lipinski definition) is 1. The lowest BCUT2D eigenvalue weighted by atomic mass is 10.1. The molecule has 1 amide bonds. The third-order valence-electron chi connectivity index (χ3n) is 4.16. The van der Waals surface area contributed by atoms with Crippen LogP contribution in [0.3, 0.4) is 0 Å². The number of carbonyl (C=O) groups is 1. The minimum absolute atomic E-state index is 0.191. The smallest absolute Gasteiger partial charge is 0.248 e. The predicted octanol–water partition coefficient (Wildman–Crippen LogP) is 4.47. The van der Waals surface area contributed by atoms with Crippen molar-refractivity contribution in [1.29, 1.82) is 0 Å². The third kappa shape index (κ3) is 4.22. The van der Waals surface area contributed by atoms with E-state index in [9.17, 15) is 9.18 Å². The van der Waals surface area contributed by atoms with E-state index in [1.807, 2.05) is 24.3 Å². The second kappa shape index (κ2) is 7.77. The van der Waals surface area contributed by atoms with E-state index in [1.54, 1.807) is 18.2 Å². The van der Waals surface area contributed by atoms with Crippen LogP contribution in [0.25, 0.3) is 6.08 Å². The van der Waals surface area contributed by atoms with Crippen LogP contribution in [0.2, 0.25) is 0 Å². The van der Waals surface area contributed by atoms with Crippen molar-refractivity contribution in [2.45, 2.75) is 19.3 Å². The fraction of sp³-hybridized carbons (Fsp3) is 0.250. The van der Waals surface area contributed by atoms with E-state index >= 15 is 0 Å². The molecular formula is C20H21FN2O. The maximum atomic E-state index is 12.9. The highest BCUT2D eigenvalue weighted by molar-refractivity contribution is 6.03. The second-order valence-corrected chi connectivity index (χ2v) is 5.94. The van der Waals surface area contributed by atoms with Gasteiger partial charge in [-0.2, -0.15) is 0 Å². The largest absolute Gasteiger partial charge is 0.370 e. The van der Waals surface area contributed by atoms with Gasteiger partial charge in [0.25, 0.3) is 0 Å². The van der Waals surface area contributed by atoms with E-state index in [4.69, 9.17) is 0 Å². The molecule has 3 rings (SSSR count). The van der Waals surface area contributed by atoms with Crippen LogP contribution < -0.4 is 10.2 Å². The number of nitrogens with zero attached hydrogens (tertiary/aromatic N) is 1. The molecule has 1 aliphatic rings. The Morgan fingerprint density at radius 1 is 1.00 bits per heavy atom. The molecular weight excluding hydrogens is 303 g/mol. The van der Waals surface area contributed by atoms with Crippen molar-refractivity contribution in [2.24, 2.45) is 0 Å². The Kier molecular flexibility index (Phi) is 5.26. The molecule has 0 bridgehead atoms. The molecule has 1 aliphatic heterocycles. The highest BCUT2D eigenvalue weighted by atomic mass is 19.1. The molecule has 1 saturated heterocycles.